The number of nitrogens with two attached hydrogens (primary N) is 1. The molecule has 0 aromatic carbocycles. The second kappa shape index (κ2) is 5.48. The lowest BCUT2D eigenvalue weighted by Gasteiger charge is -2.38. The Kier molecular flexibility index (Phi) is 4.35. The molecule has 2 aliphatic rings. The largest absolute Gasteiger partial charge is 0.378 e. The minimum absolute atomic E-state index is 0.0503. The van der Waals surface area contributed by atoms with Crippen molar-refractivity contribution in [2.45, 2.75) is 64.5 Å². The van der Waals surface area contributed by atoms with Crippen LogP contribution in [0.3, 0.4) is 0 Å². The highest BCUT2D eigenvalue weighted by Gasteiger charge is 2.40. The molecule has 18 heavy (non-hydrogen) atoms. The lowest BCUT2D eigenvalue weighted by molar-refractivity contribution is -0.0993. The van der Waals surface area contributed by atoms with Crippen molar-refractivity contribution < 1.29 is 9.47 Å². The Bertz CT molecular complexity index is 266. The molecule has 3 unspecified atom stereocenters. The summed E-state index contributed by atoms with van der Waals surface area (Å²) in [6.45, 7) is 9.26. The SMILES string of the molecule is CC(C)(C)C(N)CCC1CCOC2(CCOC2)C1. The molecule has 2 aliphatic heterocycles. The minimum atomic E-state index is 0.0503. The number of rotatable bonds is 3. The van der Waals surface area contributed by atoms with Crippen molar-refractivity contribution in [3.63, 3.8) is 0 Å². The molecule has 3 atom stereocenters. The number of hydrogen-bond donors (Lipinski definition) is 1. The Balaban J connectivity index is 1.79. The normalized spacial score (nSPS) is 35.0. The predicted octanol–water partition coefficient (Wildman–Crippen LogP) is 2.73. The third-order valence-corrected chi connectivity index (χ3v) is 4.66. The highest BCUT2D eigenvalue weighted by Crippen LogP contribution is 2.38. The molecule has 0 aromatic rings. The van der Waals surface area contributed by atoms with Gasteiger partial charge in [-0.3, -0.25) is 0 Å². The summed E-state index contributed by atoms with van der Waals surface area (Å²) < 4.78 is 11.5. The molecule has 3 heteroatoms. The third-order valence-electron chi connectivity index (χ3n) is 4.66. The van der Waals surface area contributed by atoms with Crippen molar-refractivity contribution in [3.05, 3.63) is 0 Å². The summed E-state index contributed by atoms with van der Waals surface area (Å²) in [4.78, 5) is 0. The summed E-state index contributed by atoms with van der Waals surface area (Å²) in [5.74, 6) is 0.772. The monoisotopic (exact) mass is 255 g/mol. The first-order valence-corrected chi connectivity index (χ1v) is 7.39. The lowest BCUT2D eigenvalue weighted by atomic mass is 9.79. The molecule has 1 spiro atoms. The van der Waals surface area contributed by atoms with E-state index in [1.54, 1.807) is 0 Å². The molecular formula is C15H29NO2. The van der Waals surface area contributed by atoms with Crippen LogP contribution in [0.25, 0.3) is 0 Å². The van der Waals surface area contributed by atoms with Gasteiger partial charge in [0.2, 0.25) is 0 Å². The molecule has 106 valence electrons. The van der Waals surface area contributed by atoms with Crippen molar-refractivity contribution in [3.8, 4) is 0 Å². The van der Waals surface area contributed by atoms with Crippen LogP contribution in [-0.2, 0) is 9.47 Å². The van der Waals surface area contributed by atoms with E-state index in [2.05, 4.69) is 20.8 Å². The van der Waals surface area contributed by atoms with Crippen molar-refractivity contribution in [1.82, 2.24) is 0 Å². The van der Waals surface area contributed by atoms with Gasteiger partial charge in [0.25, 0.3) is 0 Å². The molecule has 0 aliphatic carbocycles. The van der Waals surface area contributed by atoms with E-state index in [1.807, 2.05) is 0 Å². The maximum absolute atomic E-state index is 6.26. The zero-order chi connectivity index (χ0) is 13.2. The maximum atomic E-state index is 6.26. The van der Waals surface area contributed by atoms with Gasteiger partial charge >= 0.3 is 0 Å². The smallest absolute Gasteiger partial charge is 0.0939 e. The molecule has 0 aromatic heterocycles. The molecule has 0 bridgehead atoms. The highest BCUT2D eigenvalue weighted by molar-refractivity contribution is 4.91. The van der Waals surface area contributed by atoms with E-state index in [0.717, 1.165) is 38.6 Å². The van der Waals surface area contributed by atoms with Crippen LogP contribution in [0, 0.1) is 11.3 Å². The Morgan fingerprint density at radius 2 is 2.11 bits per heavy atom. The zero-order valence-electron chi connectivity index (χ0n) is 12.2. The fourth-order valence-corrected chi connectivity index (χ4v) is 3.09. The van der Waals surface area contributed by atoms with Crippen molar-refractivity contribution >= 4 is 0 Å². The molecular weight excluding hydrogens is 226 g/mol. The van der Waals surface area contributed by atoms with Gasteiger partial charge in [-0.05, 0) is 37.0 Å². The van der Waals surface area contributed by atoms with Gasteiger partial charge in [-0.2, -0.15) is 0 Å². The Labute approximate surface area is 111 Å². The molecule has 2 saturated heterocycles. The quantitative estimate of drug-likeness (QED) is 0.843. The van der Waals surface area contributed by atoms with Crippen LogP contribution in [0.1, 0.15) is 52.9 Å². The summed E-state index contributed by atoms with van der Waals surface area (Å²) in [5.41, 5.74) is 6.53. The van der Waals surface area contributed by atoms with Crippen LogP contribution in [-0.4, -0.2) is 31.5 Å². The maximum Gasteiger partial charge on any atom is 0.0939 e. The summed E-state index contributed by atoms with van der Waals surface area (Å²) in [5, 5.41) is 0. The fraction of sp³-hybridized carbons (Fsp3) is 1.00. The number of ether oxygens (including phenoxy) is 2. The molecule has 0 amide bonds. The second-order valence-electron chi connectivity index (χ2n) is 7.24. The van der Waals surface area contributed by atoms with Crippen LogP contribution >= 0.6 is 0 Å². The van der Waals surface area contributed by atoms with Gasteiger partial charge in [0.05, 0.1) is 12.2 Å². The average molecular weight is 255 g/mol. The molecule has 3 nitrogen and oxygen atoms in total. The van der Waals surface area contributed by atoms with Crippen LogP contribution < -0.4 is 5.73 Å². The average Bonchev–Trinajstić information content (AvgIpc) is 2.73. The first-order valence-electron chi connectivity index (χ1n) is 7.39. The molecule has 2 rings (SSSR count). The summed E-state index contributed by atoms with van der Waals surface area (Å²) in [6, 6.07) is 0.302. The van der Waals surface area contributed by atoms with E-state index in [9.17, 15) is 0 Å². The Morgan fingerprint density at radius 3 is 2.72 bits per heavy atom. The van der Waals surface area contributed by atoms with Gasteiger partial charge in [0.15, 0.2) is 0 Å². The van der Waals surface area contributed by atoms with Crippen LogP contribution in [0.15, 0.2) is 0 Å². The number of hydrogen-bond acceptors (Lipinski definition) is 3. The Hall–Kier alpha value is -0.120. The molecule has 2 fully saturated rings. The molecule has 2 heterocycles. The summed E-state index contributed by atoms with van der Waals surface area (Å²) in [6.07, 6.45) is 5.81. The lowest BCUT2D eigenvalue weighted by Crippen LogP contribution is -2.41. The van der Waals surface area contributed by atoms with Gasteiger partial charge in [-0.15, -0.1) is 0 Å². The first kappa shape index (κ1) is 14.3. The van der Waals surface area contributed by atoms with Crippen LogP contribution in [0.5, 0.6) is 0 Å². The zero-order valence-corrected chi connectivity index (χ0v) is 12.2. The Morgan fingerprint density at radius 1 is 1.33 bits per heavy atom. The molecule has 0 saturated carbocycles. The van der Waals surface area contributed by atoms with Crippen molar-refractivity contribution in [2.75, 3.05) is 19.8 Å². The first-order chi connectivity index (χ1) is 8.41. The summed E-state index contributed by atoms with van der Waals surface area (Å²) in [7, 11) is 0. The standard InChI is InChI=1S/C15H29NO2/c1-14(2,3)13(16)5-4-12-6-8-18-15(10-12)7-9-17-11-15/h12-13H,4-11,16H2,1-3H3. The van der Waals surface area contributed by atoms with E-state index in [-0.39, 0.29) is 11.0 Å². The topological polar surface area (TPSA) is 44.5 Å². The predicted molar refractivity (Wildman–Crippen MR) is 73.5 cm³/mol. The third kappa shape index (κ3) is 3.46. The fourth-order valence-electron chi connectivity index (χ4n) is 3.09. The van der Waals surface area contributed by atoms with Crippen LogP contribution in [0.2, 0.25) is 0 Å². The molecule has 2 N–H and O–H groups in total. The van der Waals surface area contributed by atoms with E-state index < -0.39 is 0 Å². The van der Waals surface area contributed by atoms with E-state index in [1.165, 1.54) is 19.3 Å². The van der Waals surface area contributed by atoms with Gasteiger partial charge < -0.3 is 15.2 Å². The van der Waals surface area contributed by atoms with Gasteiger partial charge in [-0.1, -0.05) is 20.8 Å². The minimum Gasteiger partial charge on any atom is -0.378 e. The van der Waals surface area contributed by atoms with Crippen LogP contribution in [0.4, 0.5) is 0 Å². The van der Waals surface area contributed by atoms with Gasteiger partial charge in [-0.25, -0.2) is 0 Å². The molecule has 0 radical (unpaired) electrons. The second-order valence-corrected chi connectivity index (χ2v) is 7.24. The van der Waals surface area contributed by atoms with E-state index >= 15 is 0 Å². The van der Waals surface area contributed by atoms with Gasteiger partial charge in [0, 0.05) is 25.7 Å². The van der Waals surface area contributed by atoms with Gasteiger partial charge in [0.1, 0.15) is 0 Å². The summed E-state index contributed by atoms with van der Waals surface area (Å²) >= 11 is 0. The highest BCUT2D eigenvalue weighted by atomic mass is 16.6. The van der Waals surface area contributed by atoms with Crippen molar-refractivity contribution in [2.24, 2.45) is 17.1 Å². The van der Waals surface area contributed by atoms with Crippen molar-refractivity contribution in [1.29, 1.82) is 0 Å². The van der Waals surface area contributed by atoms with E-state index in [0.29, 0.717) is 6.04 Å². The van der Waals surface area contributed by atoms with E-state index in [4.69, 9.17) is 15.2 Å².